The van der Waals surface area contributed by atoms with Gasteiger partial charge in [-0.1, -0.05) is 26.0 Å². The molecule has 0 aromatic rings. The molecule has 0 heterocycles. The van der Waals surface area contributed by atoms with E-state index in [0.29, 0.717) is 5.57 Å². The zero-order valence-corrected chi connectivity index (χ0v) is 8.87. The van der Waals surface area contributed by atoms with E-state index in [9.17, 15) is 9.59 Å². The number of hydrogen-bond donors (Lipinski definition) is 0. The normalized spacial score (nSPS) is 14.2. The molecule has 1 rings (SSSR count). The van der Waals surface area contributed by atoms with Crippen molar-refractivity contribution in [2.24, 2.45) is 0 Å². The molecule has 78 valence electrons. The smallest absolute Gasteiger partial charge is 0.345 e. The van der Waals surface area contributed by atoms with Crippen LogP contribution in [0.5, 0.6) is 0 Å². The Bertz CT molecular complexity index is 262. The number of allylic oxidation sites excluding steroid dienone is 2. The van der Waals surface area contributed by atoms with Crippen molar-refractivity contribution in [1.29, 1.82) is 0 Å². The van der Waals surface area contributed by atoms with Gasteiger partial charge in [0.2, 0.25) is 0 Å². The molecule has 3 heteroatoms. The number of ether oxygens (including phenoxy) is 1. The van der Waals surface area contributed by atoms with E-state index < -0.39 is 5.97 Å². The average molecular weight is 196 g/mol. The third kappa shape index (κ3) is 3.56. The molecule has 0 N–H and O–H groups in total. The van der Waals surface area contributed by atoms with Crippen LogP contribution in [0.1, 0.15) is 33.6 Å². The maximum absolute atomic E-state index is 11.0. The lowest BCUT2D eigenvalue weighted by Gasteiger charge is -2.08. The Morgan fingerprint density at radius 1 is 1.36 bits per heavy atom. The summed E-state index contributed by atoms with van der Waals surface area (Å²) in [5.41, 5.74) is 1.39. The summed E-state index contributed by atoms with van der Waals surface area (Å²) in [5.74, 6) is -0.557. The highest BCUT2D eigenvalue weighted by Crippen LogP contribution is 2.18. The molecule has 0 radical (unpaired) electrons. The van der Waals surface area contributed by atoms with Crippen LogP contribution in [0, 0.1) is 0 Å². The SMILES string of the molecule is CC.CC1=CCCC=C1C(=O)OC=O. The highest BCUT2D eigenvalue weighted by Gasteiger charge is 2.14. The summed E-state index contributed by atoms with van der Waals surface area (Å²) in [6.07, 6.45) is 5.53. The predicted octanol–water partition coefficient (Wildman–Crippen LogP) is 2.38. The van der Waals surface area contributed by atoms with Gasteiger partial charge in [0.05, 0.1) is 5.57 Å². The van der Waals surface area contributed by atoms with Gasteiger partial charge in [0.1, 0.15) is 0 Å². The highest BCUT2D eigenvalue weighted by atomic mass is 16.6. The summed E-state index contributed by atoms with van der Waals surface area (Å²) < 4.78 is 4.22. The van der Waals surface area contributed by atoms with Gasteiger partial charge in [0.25, 0.3) is 0 Å². The molecule has 0 aliphatic heterocycles. The maximum Gasteiger partial charge on any atom is 0.345 e. The fourth-order valence-electron chi connectivity index (χ4n) is 1.15. The van der Waals surface area contributed by atoms with Crippen LogP contribution in [0.25, 0.3) is 0 Å². The molecule has 0 amide bonds. The van der Waals surface area contributed by atoms with E-state index in [0.717, 1.165) is 18.4 Å². The Morgan fingerprint density at radius 3 is 2.43 bits per heavy atom. The van der Waals surface area contributed by atoms with Crippen LogP contribution >= 0.6 is 0 Å². The molecule has 0 atom stereocenters. The van der Waals surface area contributed by atoms with E-state index in [1.165, 1.54) is 0 Å². The lowest BCUT2D eigenvalue weighted by atomic mass is 9.99. The lowest BCUT2D eigenvalue weighted by Crippen LogP contribution is -2.09. The first-order valence-corrected chi connectivity index (χ1v) is 4.77. The molecule has 0 fully saturated rings. The minimum Gasteiger partial charge on any atom is -0.392 e. The first-order valence-electron chi connectivity index (χ1n) is 4.77. The van der Waals surface area contributed by atoms with Crippen LogP contribution in [-0.4, -0.2) is 12.4 Å². The van der Waals surface area contributed by atoms with Crippen LogP contribution < -0.4 is 0 Å². The van der Waals surface area contributed by atoms with Crippen LogP contribution in [0.2, 0.25) is 0 Å². The summed E-state index contributed by atoms with van der Waals surface area (Å²) in [4.78, 5) is 20.9. The number of rotatable bonds is 2. The van der Waals surface area contributed by atoms with E-state index in [1.54, 1.807) is 6.08 Å². The van der Waals surface area contributed by atoms with Crippen molar-refractivity contribution in [3.63, 3.8) is 0 Å². The lowest BCUT2D eigenvalue weighted by molar-refractivity contribution is -0.147. The quantitative estimate of drug-likeness (QED) is 0.387. The average Bonchev–Trinajstić information content (AvgIpc) is 2.22. The van der Waals surface area contributed by atoms with E-state index in [2.05, 4.69) is 4.74 Å². The number of esters is 1. The first-order chi connectivity index (χ1) is 6.75. The van der Waals surface area contributed by atoms with Gasteiger partial charge < -0.3 is 4.74 Å². The van der Waals surface area contributed by atoms with Crippen molar-refractivity contribution in [1.82, 2.24) is 0 Å². The van der Waals surface area contributed by atoms with E-state index >= 15 is 0 Å². The minimum atomic E-state index is -0.557. The van der Waals surface area contributed by atoms with Crippen LogP contribution in [0.15, 0.2) is 23.3 Å². The van der Waals surface area contributed by atoms with Crippen LogP contribution in [0.4, 0.5) is 0 Å². The van der Waals surface area contributed by atoms with Crippen LogP contribution in [-0.2, 0) is 14.3 Å². The molecule has 0 aromatic carbocycles. The zero-order valence-electron chi connectivity index (χ0n) is 8.87. The van der Waals surface area contributed by atoms with Crippen molar-refractivity contribution < 1.29 is 14.3 Å². The zero-order chi connectivity index (χ0) is 11.0. The van der Waals surface area contributed by atoms with Crippen LogP contribution in [0.3, 0.4) is 0 Å². The van der Waals surface area contributed by atoms with Gasteiger partial charge in [-0.3, -0.25) is 4.79 Å². The van der Waals surface area contributed by atoms with E-state index in [-0.39, 0.29) is 6.47 Å². The maximum atomic E-state index is 11.0. The second-order valence-corrected chi connectivity index (χ2v) is 2.58. The van der Waals surface area contributed by atoms with Gasteiger partial charge in [-0.2, -0.15) is 0 Å². The minimum absolute atomic E-state index is 0.158. The molecule has 0 bridgehead atoms. The van der Waals surface area contributed by atoms with Crippen molar-refractivity contribution in [3.05, 3.63) is 23.3 Å². The molecule has 14 heavy (non-hydrogen) atoms. The van der Waals surface area contributed by atoms with Gasteiger partial charge in [0, 0.05) is 0 Å². The molecule has 0 aromatic heterocycles. The van der Waals surface area contributed by atoms with Crippen molar-refractivity contribution >= 4 is 12.4 Å². The number of hydrogen-bond acceptors (Lipinski definition) is 3. The third-order valence-corrected chi connectivity index (χ3v) is 1.77. The molecule has 0 saturated carbocycles. The molecule has 1 aliphatic rings. The van der Waals surface area contributed by atoms with Crippen molar-refractivity contribution in [2.45, 2.75) is 33.6 Å². The van der Waals surface area contributed by atoms with Crippen molar-refractivity contribution in [3.8, 4) is 0 Å². The molecule has 1 aliphatic carbocycles. The summed E-state index contributed by atoms with van der Waals surface area (Å²) >= 11 is 0. The third-order valence-electron chi connectivity index (χ3n) is 1.77. The molecule has 0 saturated heterocycles. The Kier molecular flexibility index (Phi) is 6.37. The molecular weight excluding hydrogens is 180 g/mol. The Hall–Kier alpha value is -1.38. The van der Waals surface area contributed by atoms with E-state index in [4.69, 9.17) is 0 Å². The second-order valence-electron chi connectivity index (χ2n) is 2.58. The topological polar surface area (TPSA) is 43.4 Å². The molecule has 3 nitrogen and oxygen atoms in total. The van der Waals surface area contributed by atoms with Gasteiger partial charge in [-0.05, 0) is 25.3 Å². The standard InChI is InChI=1S/C9H10O3.C2H6/c1-7-4-2-3-5-8(7)9(11)12-6-10;1-2/h4-6H,2-3H2,1H3;1-2H3. The largest absolute Gasteiger partial charge is 0.392 e. The molecule has 0 unspecified atom stereocenters. The highest BCUT2D eigenvalue weighted by molar-refractivity contribution is 5.96. The summed E-state index contributed by atoms with van der Waals surface area (Å²) in [5, 5.41) is 0. The van der Waals surface area contributed by atoms with Gasteiger partial charge >= 0.3 is 12.4 Å². The summed E-state index contributed by atoms with van der Waals surface area (Å²) in [6, 6.07) is 0. The molecule has 0 spiro atoms. The Balaban J connectivity index is 0.000000791. The number of carbonyl (C=O) groups excluding carboxylic acids is 2. The monoisotopic (exact) mass is 196 g/mol. The molecular formula is C11H16O3. The fraction of sp³-hybridized carbons (Fsp3) is 0.455. The predicted molar refractivity (Wildman–Crippen MR) is 54.6 cm³/mol. The Labute approximate surface area is 84.4 Å². The first kappa shape index (κ1) is 12.6. The van der Waals surface area contributed by atoms with Gasteiger partial charge in [-0.25, -0.2) is 4.79 Å². The summed E-state index contributed by atoms with van der Waals surface area (Å²) in [6.45, 7) is 5.99. The fourth-order valence-corrected chi connectivity index (χ4v) is 1.15. The second kappa shape index (κ2) is 7.06. The summed E-state index contributed by atoms with van der Waals surface area (Å²) in [7, 11) is 0. The van der Waals surface area contributed by atoms with E-state index in [1.807, 2.05) is 26.8 Å². The Morgan fingerprint density at radius 2 is 1.93 bits per heavy atom. The van der Waals surface area contributed by atoms with Crippen molar-refractivity contribution in [2.75, 3.05) is 0 Å². The van der Waals surface area contributed by atoms with Gasteiger partial charge in [0.15, 0.2) is 0 Å². The van der Waals surface area contributed by atoms with Gasteiger partial charge in [-0.15, -0.1) is 0 Å². The number of carbonyl (C=O) groups is 2.